The third kappa shape index (κ3) is 9.08. The van der Waals surface area contributed by atoms with Crippen LogP contribution in [0.5, 0.6) is 0 Å². The van der Waals surface area contributed by atoms with Crippen molar-refractivity contribution in [3.63, 3.8) is 0 Å². The molecule has 0 fully saturated rings. The summed E-state index contributed by atoms with van der Waals surface area (Å²) < 4.78 is 1.31. The monoisotopic (exact) mass is 258 g/mol. The Labute approximate surface area is 76.3 Å². The lowest BCUT2D eigenvalue weighted by atomic mass is 10.3. The van der Waals surface area contributed by atoms with Crippen molar-refractivity contribution in [2.75, 3.05) is 15.9 Å². The van der Waals surface area contributed by atoms with Crippen LogP contribution in [0.1, 0.15) is 20.3 Å². The Morgan fingerprint density at radius 3 is 2.56 bits per heavy atom. The Morgan fingerprint density at radius 2 is 2.11 bits per heavy atom. The highest BCUT2D eigenvalue weighted by atomic mass is 127. The van der Waals surface area contributed by atoms with E-state index in [1.807, 2.05) is 0 Å². The molecule has 0 N–H and O–H groups in total. The SMILES string of the molecule is CC(C)CSCCCI. The number of rotatable bonds is 5. The summed E-state index contributed by atoms with van der Waals surface area (Å²) in [6.07, 6.45) is 1.37. The minimum Gasteiger partial charge on any atom is -0.162 e. The van der Waals surface area contributed by atoms with Gasteiger partial charge in [-0.3, -0.25) is 0 Å². The molecule has 0 aliphatic carbocycles. The topological polar surface area (TPSA) is 0 Å². The molecule has 0 atom stereocenters. The molecule has 0 aromatic carbocycles. The fourth-order valence-corrected chi connectivity index (χ4v) is 2.36. The van der Waals surface area contributed by atoms with Crippen molar-refractivity contribution >= 4 is 34.4 Å². The maximum atomic E-state index is 2.43. The molecule has 0 amide bonds. The Hall–Kier alpha value is 1.08. The van der Waals surface area contributed by atoms with E-state index in [0.717, 1.165) is 5.92 Å². The molecule has 0 rings (SSSR count). The van der Waals surface area contributed by atoms with Crippen LogP contribution in [-0.2, 0) is 0 Å². The lowest BCUT2D eigenvalue weighted by Crippen LogP contribution is -1.92. The summed E-state index contributed by atoms with van der Waals surface area (Å²) in [5, 5.41) is 0. The lowest BCUT2D eigenvalue weighted by molar-refractivity contribution is 0.750. The second kappa shape index (κ2) is 7.19. The van der Waals surface area contributed by atoms with Crippen molar-refractivity contribution in [1.29, 1.82) is 0 Å². The molecular formula is C7H15IS. The number of hydrogen-bond donors (Lipinski definition) is 0. The van der Waals surface area contributed by atoms with E-state index in [-0.39, 0.29) is 0 Å². The van der Waals surface area contributed by atoms with Gasteiger partial charge in [0.05, 0.1) is 0 Å². The highest BCUT2D eigenvalue weighted by molar-refractivity contribution is 14.1. The first kappa shape index (κ1) is 10.1. The zero-order valence-corrected chi connectivity index (χ0v) is 9.17. The van der Waals surface area contributed by atoms with Crippen molar-refractivity contribution in [1.82, 2.24) is 0 Å². The fourth-order valence-electron chi connectivity index (χ4n) is 0.476. The van der Waals surface area contributed by atoms with Gasteiger partial charge < -0.3 is 0 Å². The van der Waals surface area contributed by atoms with E-state index in [1.165, 1.54) is 22.4 Å². The average Bonchev–Trinajstić information content (AvgIpc) is 1.80. The van der Waals surface area contributed by atoms with E-state index in [0.29, 0.717) is 0 Å². The highest BCUT2D eigenvalue weighted by Gasteiger charge is 1.92. The number of hydrogen-bond acceptors (Lipinski definition) is 1. The number of thioether (sulfide) groups is 1. The van der Waals surface area contributed by atoms with Crippen LogP contribution in [0.4, 0.5) is 0 Å². The standard InChI is InChI=1S/C7H15IS/c1-7(2)6-9-5-3-4-8/h7H,3-6H2,1-2H3. The quantitative estimate of drug-likeness (QED) is 0.414. The van der Waals surface area contributed by atoms with Crippen LogP contribution in [0, 0.1) is 5.92 Å². The molecule has 0 saturated heterocycles. The van der Waals surface area contributed by atoms with Gasteiger partial charge in [0, 0.05) is 4.43 Å². The predicted molar refractivity (Wildman–Crippen MR) is 55.7 cm³/mol. The molecule has 0 aromatic heterocycles. The van der Waals surface area contributed by atoms with E-state index < -0.39 is 0 Å². The summed E-state index contributed by atoms with van der Waals surface area (Å²) >= 11 is 4.51. The van der Waals surface area contributed by atoms with E-state index in [4.69, 9.17) is 0 Å². The smallest absolute Gasteiger partial charge is 0.000312 e. The van der Waals surface area contributed by atoms with Crippen molar-refractivity contribution in [2.45, 2.75) is 20.3 Å². The van der Waals surface area contributed by atoms with Gasteiger partial charge in [-0.05, 0) is 23.8 Å². The van der Waals surface area contributed by atoms with Crippen LogP contribution in [0.3, 0.4) is 0 Å². The molecule has 0 aliphatic heterocycles. The molecule has 0 spiro atoms. The summed E-state index contributed by atoms with van der Waals surface area (Å²) in [7, 11) is 0. The minimum absolute atomic E-state index is 0.865. The van der Waals surface area contributed by atoms with Gasteiger partial charge in [0.25, 0.3) is 0 Å². The van der Waals surface area contributed by atoms with Crippen LogP contribution in [0.2, 0.25) is 0 Å². The van der Waals surface area contributed by atoms with Gasteiger partial charge in [0.15, 0.2) is 0 Å². The Bertz CT molecular complexity index is 54.9. The van der Waals surface area contributed by atoms with Crippen LogP contribution < -0.4 is 0 Å². The maximum absolute atomic E-state index is 2.43. The maximum Gasteiger partial charge on any atom is 0.000312 e. The van der Waals surface area contributed by atoms with Crippen LogP contribution in [0.25, 0.3) is 0 Å². The van der Waals surface area contributed by atoms with Gasteiger partial charge in [0.1, 0.15) is 0 Å². The van der Waals surface area contributed by atoms with Gasteiger partial charge in [0.2, 0.25) is 0 Å². The second-order valence-electron chi connectivity index (χ2n) is 2.51. The van der Waals surface area contributed by atoms with Crippen molar-refractivity contribution < 1.29 is 0 Å². The number of alkyl halides is 1. The largest absolute Gasteiger partial charge is 0.162 e. The third-order valence-electron chi connectivity index (χ3n) is 0.873. The molecule has 0 aromatic rings. The fraction of sp³-hybridized carbons (Fsp3) is 1.00. The Kier molecular flexibility index (Phi) is 8.05. The summed E-state index contributed by atoms with van der Waals surface area (Å²) in [6, 6.07) is 0. The third-order valence-corrected chi connectivity index (χ3v) is 3.12. The van der Waals surface area contributed by atoms with Crippen molar-refractivity contribution in [3.05, 3.63) is 0 Å². The van der Waals surface area contributed by atoms with Crippen LogP contribution in [-0.4, -0.2) is 15.9 Å². The molecule has 9 heavy (non-hydrogen) atoms. The Morgan fingerprint density at radius 1 is 1.44 bits per heavy atom. The highest BCUT2D eigenvalue weighted by Crippen LogP contribution is 2.08. The average molecular weight is 258 g/mol. The molecule has 0 heterocycles. The minimum atomic E-state index is 0.865. The molecule has 0 unspecified atom stereocenters. The molecule has 0 aliphatic rings. The first-order valence-corrected chi connectivity index (χ1v) is 6.09. The van der Waals surface area contributed by atoms with Gasteiger partial charge in [-0.15, -0.1) is 0 Å². The van der Waals surface area contributed by atoms with E-state index in [1.54, 1.807) is 0 Å². The van der Waals surface area contributed by atoms with E-state index in [2.05, 4.69) is 48.2 Å². The Balaban J connectivity index is 2.75. The molecule has 0 saturated carbocycles. The summed E-state index contributed by atoms with van der Waals surface area (Å²) in [5.41, 5.74) is 0. The van der Waals surface area contributed by atoms with Gasteiger partial charge in [-0.25, -0.2) is 0 Å². The zero-order valence-electron chi connectivity index (χ0n) is 6.19. The molecule has 2 heteroatoms. The van der Waals surface area contributed by atoms with Gasteiger partial charge >= 0.3 is 0 Å². The zero-order chi connectivity index (χ0) is 7.11. The summed E-state index contributed by atoms with van der Waals surface area (Å²) in [5.74, 6) is 3.54. The first-order chi connectivity index (χ1) is 4.27. The van der Waals surface area contributed by atoms with Crippen LogP contribution >= 0.6 is 34.4 Å². The number of halogens is 1. The lowest BCUT2D eigenvalue weighted by Gasteiger charge is -2.01. The molecule has 0 nitrogen and oxygen atoms in total. The molecule has 56 valence electrons. The molecule has 0 bridgehead atoms. The van der Waals surface area contributed by atoms with Crippen molar-refractivity contribution in [2.24, 2.45) is 5.92 Å². The van der Waals surface area contributed by atoms with E-state index >= 15 is 0 Å². The summed E-state index contributed by atoms with van der Waals surface area (Å²) in [4.78, 5) is 0. The van der Waals surface area contributed by atoms with E-state index in [9.17, 15) is 0 Å². The molecular weight excluding hydrogens is 243 g/mol. The normalized spacial score (nSPS) is 10.7. The molecule has 0 radical (unpaired) electrons. The first-order valence-electron chi connectivity index (χ1n) is 3.41. The van der Waals surface area contributed by atoms with Crippen LogP contribution in [0.15, 0.2) is 0 Å². The van der Waals surface area contributed by atoms with Gasteiger partial charge in [-0.2, -0.15) is 11.8 Å². The predicted octanol–water partition coefficient (Wildman–Crippen LogP) is 3.20. The van der Waals surface area contributed by atoms with Crippen molar-refractivity contribution in [3.8, 4) is 0 Å². The van der Waals surface area contributed by atoms with Gasteiger partial charge in [-0.1, -0.05) is 36.4 Å². The summed E-state index contributed by atoms with van der Waals surface area (Å²) in [6.45, 7) is 4.55. The second-order valence-corrected chi connectivity index (χ2v) is 4.74.